The highest BCUT2D eigenvalue weighted by Gasteiger charge is 2.61. The molecular formula is C26H30N6O4. The molecule has 5 rings (SSSR count). The number of fused-ring (bicyclic) bond motifs is 1. The van der Waals surface area contributed by atoms with Crippen molar-refractivity contribution < 1.29 is 19.1 Å². The van der Waals surface area contributed by atoms with Crippen LogP contribution >= 0.6 is 0 Å². The molecule has 1 aromatic carbocycles. The minimum absolute atomic E-state index is 0.0131. The Balaban J connectivity index is 1.29. The van der Waals surface area contributed by atoms with Gasteiger partial charge in [-0.2, -0.15) is 5.26 Å². The minimum Gasteiger partial charge on any atom is -0.461 e. The second-order valence-corrected chi connectivity index (χ2v) is 9.86. The van der Waals surface area contributed by atoms with Gasteiger partial charge in [0.2, 0.25) is 17.8 Å². The molecule has 3 fully saturated rings. The molecule has 2 aliphatic heterocycles. The van der Waals surface area contributed by atoms with E-state index in [1.165, 1.54) is 6.21 Å². The fraction of sp³-hybridized carbons (Fsp3) is 0.500. The quantitative estimate of drug-likeness (QED) is 0.293. The van der Waals surface area contributed by atoms with Crippen LogP contribution in [0.4, 0.5) is 5.69 Å². The Morgan fingerprint density at radius 3 is 2.94 bits per heavy atom. The lowest BCUT2D eigenvalue weighted by molar-refractivity contribution is -0.142. The smallest absolute Gasteiger partial charge is 0.242 e. The van der Waals surface area contributed by atoms with Gasteiger partial charge in [-0.15, -0.1) is 0 Å². The Morgan fingerprint density at radius 2 is 2.17 bits per heavy atom. The number of aliphatic imine (C=N–C) groups is 2. The molecule has 3 aliphatic rings. The first-order valence-corrected chi connectivity index (χ1v) is 12.5. The van der Waals surface area contributed by atoms with Gasteiger partial charge >= 0.3 is 0 Å². The molecule has 1 spiro atoms. The number of benzene rings is 1. The van der Waals surface area contributed by atoms with Gasteiger partial charge in [0.1, 0.15) is 11.3 Å². The molecular weight excluding hydrogens is 460 g/mol. The monoisotopic (exact) mass is 490 g/mol. The Labute approximate surface area is 209 Å². The zero-order valence-corrected chi connectivity index (χ0v) is 20.3. The first-order chi connectivity index (χ1) is 17.4. The van der Waals surface area contributed by atoms with Crippen molar-refractivity contribution in [2.75, 3.05) is 19.6 Å². The zero-order chi connectivity index (χ0) is 25.3. The van der Waals surface area contributed by atoms with E-state index in [1.807, 2.05) is 31.3 Å². The lowest BCUT2D eigenvalue weighted by Crippen LogP contribution is -2.47. The lowest BCUT2D eigenvalue weighted by atomic mass is 10.0. The highest BCUT2D eigenvalue weighted by Crippen LogP contribution is 2.49. The van der Waals surface area contributed by atoms with Crippen LogP contribution in [0.15, 0.2) is 38.7 Å². The Morgan fingerprint density at radius 1 is 1.33 bits per heavy atom. The number of nitrogens with one attached hydrogen (secondary N) is 1. The number of guanidine groups is 1. The number of aryl methyl sites for hydroxylation is 1. The van der Waals surface area contributed by atoms with E-state index >= 15 is 0 Å². The molecule has 3 heterocycles. The van der Waals surface area contributed by atoms with Crippen LogP contribution in [0.25, 0.3) is 11.0 Å². The first kappa shape index (κ1) is 24.0. The number of hydrogen-bond donors (Lipinski definition) is 2. The van der Waals surface area contributed by atoms with Crippen molar-refractivity contribution in [1.29, 1.82) is 5.26 Å². The van der Waals surface area contributed by atoms with Crippen LogP contribution in [0.2, 0.25) is 0 Å². The largest absolute Gasteiger partial charge is 0.461 e. The Kier molecular flexibility index (Phi) is 6.49. The number of aliphatic hydroxyl groups is 1. The molecule has 0 bridgehead atoms. The van der Waals surface area contributed by atoms with Crippen LogP contribution in [-0.2, 0) is 9.59 Å². The third kappa shape index (κ3) is 4.71. The van der Waals surface area contributed by atoms with Crippen molar-refractivity contribution >= 4 is 40.6 Å². The van der Waals surface area contributed by atoms with E-state index in [4.69, 9.17) is 9.68 Å². The number of hydrogen-bond acceptors (Lipinski definition) is 6. The zero-order valence-electron chi connectivity index (χ0n) is 20.3. The van der Waals surface area contributed by atoms with Gasteiger partial charge in [0.05, 0.1) is 29.8 Å². The maximum absolute atomic E-state index is 13.3. The molecule has 1 aromatic heterocycles. The summed E-state index contributed by atoms with van der Waals surface area (Å²) < 4.78 is 5.59. The second-order valence-electron chi connectivity index (χ2n) is 9.86. The first-order valence-electron chi connectivity index (χ1n) is 12.5. The molecule has 3 atom stereocenters. The summed E-state index contributed by atoms with van der Waals surface area (Å²) in [5.41, 5.74) is 0.943. The van der Waals surface area contributed by atoms with Crippen molar-refractivity contribution in [2.45, 2.75) is 57.1 Å². The van der Waals surface area contributed by atoms with E-state index in [0.717, 1.165) is 42.4 Å². The van der Waals surface area contributed by atoms with Gasteiger partial charge in [0, 0.05) is 31.1 Å². The van der Waals surface area contributed by atoms with Crippen molar-refractivity contribution in [1.82, 2.24) is 15.1 Å². The van der Waals surface area contributed by atoms with Crippen LogP contribution in [0.3, 0.4) is 0 Å². The molecule has 2 N–H and O–H groups in total. The molecule has 10 nitrogen and oxygen atoms in total. The summed E-state index contributed by atoms with van der Waals surface area (Å²) in [7, 11) is 0. The molecule has 2 unspecified atom stereocenters. The number of nitrogens with zero attached hydrogens (tertiary/aromatic N) is 5. The second kappa shape index (κ2) is 9.74. The third-order valence-corrected chi connectivity index (χ3v) is 7.39. The van der Waals surface area contributed by atoms with Gasteiger partial charge in [0.15, 0.2) is 6.19 Å². The summed E-state index contributed by atoms with van der Waals surface area (Å²) in [4.78, 5) is 38.5. The number of carbonyl (C=O) groups excluding carboxylic acids is 2. The molecule has 188 valence electrons. The van der Waals surface area contributed by atoms with Crippen LogP contribution in [0.5, 0.6) is 0 Å². The van der Waals surface area contributed by atoms with Gasteiger partial charge in [-0.1, -0.05) is 6.42 Å². The summed E-state index contributed by atoms with van der Waals surface area (Å²) in [6.45, 7) is 3.03. The number of carbonyl (C=O) groups is 2. The molecule has 2 aromatic rings. The molecule has 1 saturated carbocycles. The number of amides is 2. The number of likely N-dealkylation sites (tertiary alicyclic amines) is 2. The molecule has 1 aliphatic carbocycles. The lowest BCUT2D eigenvalue weighted by Gasteiger charge is -2.29. The molecule has 0 radical (unpaired) electrons. The van der Waals surface area contributed by atoms with E-state index in [1.54, 1.807) is 15.9 Å². The van der Waals surface area contributed by atoms with Crippen molar-refractivity contribution in [3.05, 3.63) is 30.0 Å². The molecule has 36 heavy (non-hydrogen) atoms. The Bertz CT molecular complexity index is 1280. The van der Waals surface area contributed by atoms with Crippen molar-refractivity contribution in [3.8, 4) is 6.19 Å². The average Bonchev–Trinajstić information content (AvgIpc) is 3.17. The van der Waals surface area contributed by atoms with Crippen LogP contribution in [0, 0.1) is 24.3 Å². The fourth-order valence-electron chi connectivity index (χ4n) is 5.44. The van der Waals surface area contributed by atoms with E-state index < -0.39 is 17.6 Å². The number of furan rings is 1. The van der Waals surface area contributed by atoms with E-state index in [-0.39, 0.29) is 24.3 Å². The summed E-state index contributed by atoms with van der Waals surface area (Å²) in [5.74, 6) is 0.110. The van der Waals surface area contributed by atoms with E-state index in [9.17, 15) is 14.7 Å². The van der Waals surface area contributed by atoms with E-state index in [0.29, 0.717) is 31.6 Å². The van der Waals surface area contributed by atoms with Gasteiger partial charge < -0.3 is 19.3 Å². The van der Waals surface area contributed by atoms with Crippen molar-refractivity contribution in [2.24, 2.45) is 15.9 Å². The standard InChI is InChI=1S/C26H30N6O4/c1-17-11-19-12-20(6-7-21(19)36-17)30-25(29-16-27)28-14-18-5-2-3-9-31(24(18)35)15-23(34)32-10-4-8-26(32)13-22(26)33/h6-7,11-12,14,18,22,33H,2-5,8-10,13,15H2,1H3,(H,29,30)/b28-14+/t18?,22-,26?/m0/s1. The topological polar surface area (TPSA) is 135 Å². The maximum atomic E-state index is 13.3. The van der Waals surface area contributed by atoms with Gasteiger partial charge in [0.25, 0.3) is 0 Å². The fourth-order valence-corrected chi connectivity index (χ4v) is 5.44. The maximum Gasteiger partial charge on any atom is 0.242 e. The van der Waals surface area contributed by atoms with Crippen LogP contribution in [0.1, 0.15) is 44.3 Å². The average molecular weight is 491 g/mol. The van der Waals surface area contributed by atoms with Gasteiger partial charge in [-0.3, -0.25) is 14.9 Å². The molecule has 2 saturated heterocycles. The van der Waals surface area contributed by atoms with Crippen molar-refractivity contribution in [3.63, 3.8) is 0 Å². The summed E-state index contributed by atoms with van der Waals surface area (Å²) in [6, 6.07) is 7.32. The van der Waals surface area contributed by atoms with E-state index in [2.05, 4.69) is 15.3 Å². The van der Waals surface area contributed by atoms with Gasteiger partial charge in [-0.05, 0) is 56.9 Å². The predicted molar refractivity (Wildman–Crippen MR) is 134 cm³/mol. The Hall–Kier alpha value is -3.71. The number of rotatable bonds is 4. The molecule has 10 heteroatoms. The number of aliphatic hydroxyl groups excluding tert-OH is 1. The third-order valence-electron chi connectivity index (χ3n) is 7.39. The molecule has 2 amide bonds. The number of nitriles is 1. The summed E-state index contributed by atoms with van der Waals surface area (Å²) in [5, 5.41) is 22.6. The van der Waals surface area contributed by atoms with Crippen LogP contribution < -0.4 is 5.32 Å². The highest BCUT2D eigenvalue weighted by molar-refractivity contribution is 6.00. The SMILES string of the molecule is Cc1cc2cc(N=C(/N=C/C3CCCCN(CC(=O)N4CCCC45C[C@@H]5O)C3=O)NC#N)ccc2o1. The highest BCUT2D eigenvalue weighted by atomic mass is 16.3. The summed E-state index contributed by atoms with van der Waals surface area (Å²) >= 11 is 0. The summed E-state index contributed by atoms with van der Waals surface area (Å²) in [6.07, 6.45) is 7.49. The minimum atomic E-state index is -0.510. The normalized spacial score (nSPS) is 26.6. The van der Waals surface area contributed by atoms with Gasteiger partial charge in [-0.25, -0.2) is 9.98 Å². The predicted octanol–water partition coefficient (Wildman–Crippen LogP) is 2.62. The van der Waals surface area contributed by atoms with Crippen LogP contribution in [-0.4, -0.2) is 70.2 Å².